The van der Waals surface area contributed by atoms with Crippen molar-refractivity contribution in [1.29, 1.82) is 0 Å². The number of carbonyl (C=O) groups is 1. The molecule has 2 atom stereocenters. The number of hydrogen-bond acceptors (Lipinski definition) is 4. The summed E-state index contributed by atoms with van der Waals surface area (Å²) in [6.07, 6.45) is 2.39. The molecule has 0 aromatic heterocycles. The summed E-state index contributed by atoms with van der Waals surface area (Å²) in [6, 6.07) is 0. The minimum atomic E-state index is -0.905. The van der Waals surface area contributed by atoms with Crippen LogP contribution in [-0.2, 0) is 14.3 Å². The van der Waals surface area contributed by atoms with Gasteiger partial charge in [-0.15, -0.1) is 0 Å². The van der Waals surface area contributed by atoms with Crippen LogP contribution in [-0.4, -0.2) is 37.9 Å². The monoisotopic (exact) mass is 232 g/mol. The van der Waals surface area contributed by atoms with Gasteiger partial charge in [0, 0.05) is 13.7 Å². The van der Waals surface area contributed by atoms with Crippen LogP contribution in [0.4, 0.5) is 0 Å². The molecule has 96 valence electrons. The Hall–Kier alpha value is -0.650. The zero-order valence-electron chi connectivity index (χ0n) is 10.5. The zero-order valence-corrected chi connectivity index (χ0v) is 10.5. The third-order valence-electron chi connectivity index (χ3n) is 2.46. The normalized spacial score (nSPS) is 16.8. The highest BCUT2D eigenvalue weighted by Crippen LogP contribution is 2.10. The molecule has 0 radical (unpaired) electrons. The van der Waals surface area contributed by atoms with E-state index in [4.69, 9.17) is 20.9 Å². The number of hydrogen-bond donors (Lipinski definition) is 2. The Bertz CT molecular complexity index is 207. The maximum absolute atomic E-state index is 10.9. The van der Waals surface area contributed by atoms with E-state index in [0.29, 0.717) is 19.6 Å². The van der Waals surface area contributed by atoms with E-state index in [9.17, 15) is 4.79 Å². The molecule has 0 aliphatic rings. The lowest BCUT2D eigenvalue weighted by molar-refractivity contribution is -0.122. The lowest BCUT2D eigenvalue weighted by atomic mass is 9.96. The number of ether oxygens (including phenoxy) is 2. The van der Waals surface area contributed by atoms with Crippen molar-refractivity contribution in [3.63, 3.8) is 0 Å². The average molecular weight is 232 g/mol. The van der Waals surface area contributed by atoms with Gasteiger partial charge < -0.3 is 20.9 Å². The summed E-state index contributed by atoms with van der Waals surface area (Å²) < 4.78 is 10.4. The smallest absolute Gasteiger partial charge is 0.237 e. The first kappa shape index (κ1) is 15.3. The van der Waals surface area contributed by atoms with Crippen LogP contribution in [0.2, 0.25) is 0 Å². The van der Waals surface area contributed by atoms with E-state index < -0.39 is 11.4 Å². The zero-order chi connectivity index (χ0) is 12.6. The minimum Gasteiger partial charge on any atom is -0.382 e. The van der Waals surface area contributed by atoms with E-state index in [1.807, 2.05) is 6.92 Å². The number of carbonyl (C=O) groups excluding carboxylic acids is 1. The van der Waals surface area contributed by atoms with Crippen LogP contribution >= 0.6 is 0 Å². The number of rotatable bonds is 9. The molecule has 5 heteroatoms. The fourth-order valence-corrected chi connectivity index (χ4v) is 1.28. The third kappa shape index (κ3) is 6.76. The van der Waals surface area contributed by atoms with Crippen LogP contribution in [0.3, 0.4) is 0 Å². The van der Waals surface area contributed by atoms with Crippen LogP contribution in [0, 0.1) is 0 Å². The van der Waals surface area contributed by atoms with Crippen LogP contribution in [0.15, 0.2) is 0 Å². The molecule has 16 heavy (non-hydrogen) atoms. The van der Waals surface area contributed by atoms with E-state index >= 15 is 0 Å². The van der Waals surface area contributed by atoms with Crippen molar-refractivity contribution in [3.8, 4) is 0 Å². The molecular formula is C11H24N2O3. The lowest BCUT2D eigenvalue weighted by Gasteiger charge is -2.20. The largest absolute Gasteiger partial charge is 0.382 e. The summed E-state index contributed by atoms with van der Waals surface area (Å²) in [7, 11) is 1.65. The Morgan fingerprint density at radius 3 is 2.56 bits per heavy atom. The summed E-state index contributed by atoms with van der Waals surface area (Å²) >= 11 is 0. The van der Waals surface area contributed by atoms with Crippen LogP contribution < -0.4 is 11.5 Å². The highest BCUT2D eigenvalue weighted by molar-refractivity contribution is 5.83. The summed E-state index contributed by atoms with van der Waals surface area (Å²) in [5.74, 6) is -0.457. The molecular weight excluding hydrogens is 208 g/mol. The maximum atomic E-state index is 10.9. The van der Waals surface area contributed by atoms with Gasteiger partial charge in [-0.2, -0.15) is 0 Å². The fourth-order valence-electron chi connectivity index (χ4n) is 1.28. The molecule has 0 heterocycles. The standard InChI is InChI=1S/C11H24N2O3/c1-9(8-15-3)16-7-5-4-6-11(2,13)10(12)14/h9H,4-8,13H2,1-3H3,(H2,12,14). The van der Waals surface area contributed by atoms with Gasteiger partial charge in [-0.1, -0.05) is 0 Å². The SMILES string of the molecule is COCC(C)OCCCCC(C)(N)C(N)=O. The van der Waals surface area contributed by atoms with Gasteiger partial charge in [0.25, 0.3) is 0 Å². The molecule has 4 N–H and O–H groups in total. The Balaban J connectivity index is 3.50. The molecule has 2 unspecified atom stereocenters. The van der Waals surface area contributed by atoms with E-state index in [1.54, 1.807) is 14.0 Å². The van der Waals surface area contributed by atoms with Gasteiger partial charge >= 0.3 is 0 Å². The van der Waals surface area contributed by atoms with Gasteiger partial charge in [0.15, 0.2) is 0 Å². The summed E-state index contributed by atoms with van der Waals surface area (Å²) in [4.78, 5) is 10.9. The van der Waals surface area contributed by atoms with Crippen molar-refractivity contribution in [3.05, 3.63) is 0 Å². The molecule has 0 aromatic rings. The highest BCUT2D eigenvalue weighted by Gasteiger charge is 2.24. The summed E-state index contributed by atoms with van der Waals surface area (Å²) in [5, 5.41) is 0. The number of nitrogens with two attached hydrogens (primary N) is 2. The van der Waals surface area contributed by atoms with Gasteiger partial charge in [-0.3, -0.25) is 4.79 Å². The van der Waals surface area contributed by atoms with Crippen LogP contribution in [0.5, 0.6) is 0 Å². The predicted molar refractivity (Wildman–Crippen MR) is 62.9 cm³/mol. The molecule has 0 saturated heterocycles. The molecule has 0 spiro atoms. The van der Waals surface area contributed by atoms with Gasteiger partial charge in [0.1, 0.15) is 0 Å². The molecule has 0 bridgehead atoms. The van der Waals surface area contributed by atoms with Crippen LogP contribution in [0.1, 0.15) is 33.1 Å². The highest BCUT2D eigenvalue weighted by atomic mass is 16.5. The molecule has 1 amide bonds. The Morgan fingerprint density at radius 1 is 1.44 bits per heavy atom. The second kappa shape index (κ2) is 7.60. The topological polar surface area (TPSA) is 87.6 Å². The van der Waals surface area contributed by atoms with E-state index in [2.05, 4.69) is 0 Å². The number of primary amides is 1. The molecule has 0 aromatic carbocycles. The molecule has 0 aliphatic carbocycles. The second-order valence-electron chi connectivity index (χ2n) is 4.38. The van der Waals surface area contributed by atoms with Crippen molar-refractivity contribution < 1.29 is 14.3 Å². The van der Waals surface area contributed by atoms with Gasteiger partial charge in [0.2, 0.25) is 5.91 Å². The fraction of sp³-hybridized carbons (Fsp3) is 0.909. The van der Waals surface area contributed by atoms with E-state index in [1.165, 1.54) is 0 Å². The van der Waals surface area contributed by atoms with Crippen molar-refractivity contribution in [2.75, 3.05) is 20.3 Å². The van der Waals surface area contributed by atoms with Crippen LogP contribution in [0.25, 0.3) is 0 Å². The first-order chi connectivity index (χ1) is 7.40. The molecule has 0 rings (SSSR count). The molecule has 5 nitrogen and oxygen atoms in total. The summed E-state index contributed by atoms with van der Waals surface area (Å²) in [6.45, 7) is 4.86. The van der Waals surface area contributed by atoms with Gasteiger partial charge in [-0.25, -0.2) is 0 Å². The second-order valence-corrected chi connectivity index (χ2v) is 4.38. The first-order valence-electron chi connectivity index (χ1n) is 5.59. The summed E-state index contributed by atoms with van der Waals surface area (Å²) in [5.41, 5.74) is 9.97. The van der Waals surface area contributed by atoms with Crippen molar-refractivity contribution in [2.45, 2.75) is 44.8 Å². The van der Waals surface area contributed by atoms with E-state index in [-0.39, 0.29) is 6.10 Å². The number of methoxy groups -OCH3 is 1. The van der Waals surface area contributed by atoms with E-state index in [0.717, 1.165) is 12.8 Å². The van der Waals surface area contributed by atoms with Crippen molar-refractivity contribution in [1.82, 2.24) is 0 Å². The number of unbranched alkanes of at least 4 members (excludes halogenated alkanes) is 1. The third-order valence-corrected chi connectivity index (χ3v) is 2.46. The van der Waals surface area contributed by atoms with Gasteiger partial charge in [0.05, 0.1) is 18.2 Å². The molecule has 0 saturated carbocycles. The maximum Gasteiger partial charge on any atom is 0.237 e. The molecule has 0 aliphatic heterocycles. The van der Waals surface area contributed by atoms with Crippen molar-refractivity contribution >= 4 is 5.91 Å². The Kier molecular flexibility index (Phi) is 7.29. The Morgan fingerprint density at radius 2 is 2.06 bits per heavy atom. The average Bonchev–Trinajstić information content (AvgIpc) is 2.17. The minimum absolute atomic E-state index is 0.102. The lowest BCUT2D eigenvalue weighted by Crippen LogP contribution is -2.49. The number of amides is 1. The molecule has 0 fully saturated rings. The predicted octanol–water partition coefficient (Wildman–Crippen LogP) is 0.411. The van der Waals surface area contributed by atoms with Crippen molar-refractivity contribution in [2.24, 2.45) is 11.5 Å². The van der Waals surface area contributed by atoms with Gasteiger partial charge in [-0.05, 0) is 33.1 Å². The quantitative estimate of drug-likeness (QED) is 0.564. The first-order valence-corrected chi connectivity index (χ1v) is 5.59. The Labute approximate surface area is 97.5 Å².